The van der Waals surface area contributed by atoms with E-state index in [4.69, 9.17) is 9.73 Å². The zero-order valence-electron chi connectivity index (χ0n) is 13.4. The Bertz CT molecular complexity index is 822. The first kappa shape index (κ1) is 14.5. The number of Topliss-reactive ketones (excluding diaryl/α,β-unsaturated/α-hetero) is 1. The lowest BCUT2D eigenvalue weighted by atomic mass is 9.79. The smallest absolute Gasteiger partial charge is 0.179 e. The van der Waals surface area contributed by atoms with Gasteiger partial charge in [-0.15, -0.1) is 11.3 Å². The van der Waals surface area contributed by atoms with Gasteiger partial charge in [0.15, 0.2) is 5.78 Å². The highest BCUT2D eigenvalue weighted by atomic mass is 32.1. The van der Waals surface area contributed by atoms with Crippen LogP contribution in [0.15, 0.2) is 35.3 Å². The molecule has 1 aromatic heterocycles. The Morgan fingerprint density at radius 2 is 2.04 bits per heavy atom. The quantitative estimate of drug-likeness (QED) is 0.830. The highest BCUT2D eigenvalue weighted by molar-refractivity contribution is 7.16. The van der Waals surface area contributed by atoms with Gasteiger partial charge in [-0.05, 0) is 50.6 Å². The lowest BCUT2D eigenvalue weighted by Gasteiger charge is -2.29. The van der Waals surface area contributed by atoms with Gasteiger partial charge in [0.25, 0.3) is 0 Å². The van der Waals surface area contributed by atoms with E-state index in [9.17, 15) is 4.79 Å². The van der Waals surface area contributed by atoms with Crippen LogP contribution in [0.4, 0.5) is 10.7 Å². The van der Waals surface area contributed by atoms with E-state index in [-0.39, 0.29) is 5.78 Å². The molecule has 1 unspecified atom stereocenters. The van der Waals surface area contributed by atoms with E-state index in [0.29, 0.717) is 0 Å². The van der Waals surface area contributed by atoms with Crippen molar-refractivity contribution in [2.75, 3.05) is 18.6 Å². The summed E-state index contributed by atoms with van der Waals surface area (Å²) in [6, 6.07) is 9.90. The molecule has 23 heavy (non-hydrogen) atoms. The maximum Gasteiger partial charge on any atom is 0.179 e. The van der Waals surface area contributed by atoms with Crippen LogP contribution in [0.2, 0.25) is 0 Å². The number of aliphatic imine (C=N–C) groups is 1. The number of fused-ring (bicyclic) bond motifs is 2. The molecule has 118 valence electrons. The second-order valence-electron chi connectivity index (χ2n) is 6.27. The fraction of sp³-hybridized carbons (Fsp3) is 0.333. The number of thiophene rings is 1. The molecule has 0 radical (unpaired) electrons. The molecule has 0 spiro atoms. The zero-order valence-corrected chi connectivity index (χ0v) is 14.2. The molecule has 1 fully saturated rings. The number of nitrogens with zero attached hydrogens (tertiary/aromatic N) is 2. The Morgan fingerprint density at radius 3 is 2.74 bits per heavy atom. The summed E-state index contributed by atoms with van der Waals surface area (Å²) in [7, 11) is 1.66. The number of hydrogen-bond donors (Lipinski definition) is 0. The summed E-state index contributed by atoms with van der Waals surface area (Å²) in [5, 5.41) is 0.848. The number of hydrogen-bond acceptors (Lipinski definition) is 5. The van der Waals surface area contributed by atoms with Crippen molar-refractivity contribution in [2.45, 2.75) is 20.3 Å². The van der Waals surface area contributed by atoms with Crippen LogP contribution < -0.4 is 9.64 Å². The van der Waals surface area contributed by atoms with Crippen molar-refractivity contribution in [1.29, 1.82) is 0 Å². The first-order valence-electron chi connectivity index (χ1n) is 7.69. The molecule has 0 aliphatic carbocycles. The molecular formula is C18H18N2O2S. The second-order valence-corrected chi connectivity index (χ2v) is 7.51. The SMILES string of the molecule is COc1ccc(N2CCC3(C)C(=O)c4cc(C)sc4N=C23)cc1. The third kappa shape index (κ3) is 2.03. The average molecular weight is 326 g/mol. The maximum atomic E-state index is 13.0. The second kappa shape index (κ2) is 4.93. The monoisotopic (exact) mass is 326 g/mol. The van der Waals surface area contributed by atoms with Gasteiger partial charge in [0.05, 0.1) is 18.1 Å². The Labute approximate surface area is 139 Å². The van der Waals surface area contributed by atoms with Gasteiger partial charge >= 0.3 is 0 Å². The number of benzene rings is 1. The standard InChI is InChI=1S/C18H18N2O2S/c1-11-10-14-15(21)18(2)8-9-20(17(18)19-16(14)23-11)12-4-6-13(22-3)7-5-12/h4-7,10H,8-9H2,1-3H3. The Morgan fingerprint density at radius 1 is 1.30 bits per heavy atom. The number of amidine groups is 1. The lowest BCUT2D eigenvalue weighted by Crippen LogP contribution is -2.40. The molecule has 0 N–H and O–H groups in total. The molecule has 4 rings (SSSR count). The van der Waals surface area contributed by atoms with E-state index in [1.54, 1.807) is 18.4 Å². The van der Waals surface area contributed by atoms with Crippen LogP contribution >= 0.6 is 11.3 Å². The first-order valence-corrected chi connectivity index (χ1v) is 8.50. The number of carbonyl (C=O) groups excluding carboxylic acids is 1. The minimum atomic E-state index is -0.513. The number of rotatable bonds is 2. The van der Waals surface area contributed by atoms with Crippen LogP contribution in [-0.4, -0.2) is 25.3 Å². The number of anilines is 1. The Kier molecular flexibility index (Phi) is 3.10. The van der Waals surface area contributed by atoms with Crippen molar-refractivity contribution in [3.8, 4) is 5.75 Å². The van der Waals surface area contributed by atoms with Crippen molar-refractivity contribution in [3.63, 3.8) is 0 Å². The summed E-state index contributed by atoms with van der Waals surface area (Å²) in [5.41, 5.74) is 1.33. The van der Waals surface area contributed by atoms with Gasteiger partial charge in [0.2, 0.25) is 0 Å². The lowest BCUT2D eigenvalue weighted by molar-refractivity contribution is 0.0888. The van der Waals surface area contributed by atoms with Crippen LogP contribution in [-0.2, 0) is 0 Å². The minimum absolute atomic E-state index is 0.206. The van der Waals surface area contributed by atoms with E-state index in [1.807, 2.05) is 44.2 Å². The predicted octanol–water partition coefficient (Wildman–Crippen LogP) is 4.21. The van der Waals surface area contributed by atoms with E-state index < -0.39 is 5.41 Å². The molecule has 2 aliphatic heterocycles. The number of methoxy groups -OCH3 is 1. The number of ether oxygens (including phenoxy) is 1. The minimum Gasteiger partial charge on any atom is -0.497 e. The fourth-order valence-corrected chi connectivity index (χ4v) is 4.28. The summed E-state index contributed by atoms with van der Waals surface area (Å²) >= 11 is 1.59. The normalized spacial score (nSPS) is 22.7. The maximum absolute atomic E-state index is 13.0. The van der Waals surface area contributed by atoms with Gasteiger partial charge in [0, 0.05) is 17.1 Å². The van der Waals surface area contributed by atoms with Crippen LogP contribution in [0.25, 0.3) is 0 Å². The molecule has 2 aromatic rings. The highest BCUT2D eigenvalue weighted by Gasteiger charge is 2.50. The van der Waals surface area contributed by atoms with E-state index >= 15 is 0 Å². The van der Waals surface area contributed by atoms with Crippen molar-refractivity contribution in [2.24, 2.45) is 10.4 Å². The van der Waals surface area contributed by atoms with Crippen LogP contribution in [0.5, 0.6) is 5.75 Å². The molecule has 5 heteroatoms. The topological polar surface area (TPSA) is 41.9 Å². The average Bonchev–Trinajstić information content (AvgIpc) is 3.09. The number of aryl methyl sites for hydroxylation is 1. The number of carbonyl (C=O) groups is 1. The van der Waals surface area contributed by atoms with Crippen molar-refractivity contribution < 1.29 is 9.53 Å². The molecule has 4 nitrogen and oxygen atoms in total. The summed E-state index contributed by atoms with van der Waals surface area (Å²) in [4.78, 5) is 21.1. The van der Waals surface area contributed by atoms with Crippen molar-refractivity contribution in [1.82, 2.24) is 0 Å². The van der Waals surface area contributed by atoms with E-state index in [2.05, 4.69) is 4.90 Å². The molecule has 3 heterocycles. The summed E-state index contributed by atoms with van der Waals surface area (Å²) in [6.07, 6.45) is 0.797. The largest absolute Gasteiger partial charge is 0.497 e. The van der Waals surface area contributed by atoms with Gasteiger partial charge in [0.1, 0.15) is 16.6 Å². The zero-order chi connectivity index (χ0) is 16.2. The molecule has 1 saturated heterocycles. The Balaban J connectivity index is 1.80. The third-order valence-electron chi connectivity index (χ3n) is 4.76. The van der Waals surface area contributed by atoms with Gasteiger partial charge < -0.3 is 9.64 Å². The van der Waals surface area contributed by atoms with Crippen LogP contribution in [0, 0.1) is 12.3 Å². The summed E-state index contributed by atoms with van der Waals surface area (Å²) in [6.45, 7) is 4.85. The highest BCUT2D eigenvalue weighted by Crippen LogP contribution is 2.47. The van der Waals surface area contributed by atoms with Gasteiger partial charge in [-0.3, -0.25) is 4.79 Å². The molecule has 0 saturated carbocycles. The molecule has 0 bridgehead atoms. The number of ketones is 1. The molecule has 0 amide bonds. The Hall–Kier alpha value is -2.14. The van der Waals surface area contributed by atoms with E-state index in [1.165, 1.54) is 0 Å². The van der Waals surface area contributed by atoms with E-state index in [0.717, 1.165) is 45.7 Å². The molecule has 2 aliphatic rings. The summed E-state index contributed by atoms with van der Waals surface area (Å²) < 4.78 is 5.22. The third-order valence-corrected chi connectivity index (χ3v) is 5.70. The van der Waals surface area contributed by atoms with Crippen molar-refractivity contribution >= 4 is 33.6 Å². The summed E-state index contributed by atoms with van der Waals surface area (Å²) in [5.74, 6) is 1.91. The molecular weight excluding hydrogens is 308 g/mol. The first-order chi connectivity index (χ1) is 11.0. The predicted molar refractivity (Wildman–Crippen MR) is 93.5 cm³/mol. The van der Waals surface area contributed by atoms with Crippen LogP contribution in [0.1, 0.15) is 28.6 Å². The van der Waals surface area contributed by atoms with Gasteiger partial charge in [-0.25, -0.2) is 4.99 Å². The molecule has 1 atom stereocenters. The van der Waals surface area contributed by atoms with Crippen LogP contribution in [0.3, 0.4) is 0 Å². The van der Waals surface area contributed by atoms with Gasteiger partial charge in [-0.2, -0.15) is 0 Å². The fourth-order valence-electron chi connectivity index (χ4n) is 3.40. The van der Waals surface area contributed by atoms with Gasteiger partial charge in [-0.1, -0.05) is 0 Å². The van der Waals surface area contributed by atoms with Crippen molar-refractivity contribution in [3.05, 3.63) is 40.8 Å². The molecule has 1 aromatic carbocycles.